The van der Waals surface area contributed by atoms with Crippen LogP contribution in [0.15, 0.2) is 16.6 Å². The van der Waals surface area contributed by atoms with Crippen LogP contribution in [0.1, 0.15) is 24.8 Å². The van der Waals surface area contributed by atoms with Gasteiger partial charge in [0.2, 0.25) is 0 Å². The molecule has 1 aromatic carbocycles. The number of anilines is 1. The van der Waals surface area contributed by atoms with Crippen LogP contribution in [0.25, 0.3) is 0 Å². The Balaban J connectivity index is 2.12. The maximum atomic E-state index is 14.2. The number of halogens is 2. The number of rotatable bonds is 3. The van der Waals surface area contributed by atoms with Gasteiger partial charge in [-0.1, -0.05) is 0 Å². The Kier molecular flexibility index (Phi) is 4.78. The lowest BCUT2D eigenvalue weighted by molar-refractivity contribution is 0.0215. The molecule has 1 aliphatic rings. The fraction of sp³-hybridized carbons (Fsp3) is 0.500. The Bertz CT molecular complexity index is 495. The molecule has 1 aromatic rings. The molecule has 1 atom stereocenters. The van der Waals surface area contributed by atoms with Gasteiger partial charge in [0.15, 0.2) is 5.82 Å². The monoisotopic (exact) mass is 326 g/mol. The van der Waals surface area contributed by atoms with E-state index < -0.39 is 5.82 Å². The molecule has 19 heavy (non-hydrogen) atoms. The Hall–Kier alpha value is -1.12. The second-order valence-electron chi connectivity index (χ2n) is 4.74. The summed E-state index contributed by atoms with van der Waals surface area (Å²) in [6.45, 7) is 1.45. The van der Waals surface area contributed by atoms with E-state index in [9.17, 15) is 4.39 Å². The third-order valence-corrected chi connectivity index (χ3v) is 4.12. The molecule has 0 saturated carbocycles. The molecule has 0 aromatic heterocycles. The van der Waals surface area contributed by atoms with Gasteiger partial charge in [-0.25, -0.2) is 4.39 Å². The van der Waals surface area contributed by atoms with Crippen molar-refractivity contribution in [1.82, 2.24) is 0 Å². The van der Waals surface area contributed by atoms with E-state index in [1.165, 1.54) is 0 Å². The number of hydrogen-bond donors (Lipinski definition) is 0. The second-order valence-corrected chi connectivity index (χ2v) is 5.53. The van der Waals surface area contributed by atoms with Crippen molar-refractivity contribution in [3.05, 3.63) is 28.0 Å². The van der Waals surface area contributed by atoms with Gasteiger partial charge in [-0.2, -0.15) is 5.26 Å². The van der Waals surface area contributed by atoms with E-state index in [0.29, 0.717) is 17.8 Å². The van der Waals surface area contributed by atoms with Crippen molar-refractivity contribution in [2.75, 3.05) is 25.1 Å². The number of nitrogens with zero attached hydrogens (tertiary/aromatic N) is 2. The first kappa shape index (κ1) is 14.3. The molecule has 1 saturated heterocycles. The number of likely N-dealkylation sites (N-methyl/N-ethyl adjacent to an activating group) is 1. The zero-order chi connectivity index (χ0) is 13.8. The van der Waals surface area contributed by atoms with Crippen LogP contribution in [0.3, 0.4) is 0 Å². The lowest BCUT2D eigenvalue weighted by Gasteiger charge is -2.29. The Labute approximate surface area is 121 Å². The molecule has 0 spiro atoms. The van der Waals surface area contributed by atoms with E-state index >= 15 is 0 Å². The van der Waals surface area contributed by atoms with Crippen LogP contribution in [-0.4, -0.2) is 26.3 Å². The standard InChI is InChI=1S/C14H16BrFN2O/c1-18(9-11-4-2-3-7-19-11)12-6-5-10(8-17)13(15)14(12)16/h5-6,11H,2-4,7,9H2,1H3. The van der Waals surface area contributed by atoms with Gasteiger partial charge in [0.05, 0.1) is 21.8 Å². The van der Waals surface area contributed by atoms with Crippen molar-refractivity contribution in [2.45, 2.75) is 25.4 Å². The van der Waals surface area contributed by atoms with E-state index in [2.05, 4.69) is 15.9 Å². The minimum Gasteiger partial charge on any atom is -0.376 e. The normalized spacial score (nSPS) is 18.9. The highest BCUT2D eigenvalue weighted by Gasteiger charge is 2.19. The van der Waals surface area contributed by atoms with Crippen molar-refractivity contribution in [1.29, 1.82) is 5.26 Å². The molecule has 0 N–H and O–H groups in total. The van der Waals surface area contributed by atoms with E-state index in [1.807, 2.05) is 18.0 Å². The van der Waals surface area contributed by atoms with Crippen LogP contribution in [0.2, 0.25) is 0 Å². The van der Waals surface area contributed by atoms with Gasteiger partial charge >= 0.3 is 0 Å². The van der Waals surface area contributed by atoms with Crippen molar-refractivity contribution >= 4 is 21.6 Å². The van der Waals surface area contributed by atoms with E-state index in [-0.39, 0.29) is 10.6 Å². The number of nitriles is 1. The highest BCUT2D eigenvalue weighted by atomic mass is 79.9. The lowest BCUT2D eigenvalue weighted by Crippen LogP contribution is -2.33. The molecule has 0 radical (unpaired) electrons. The molecule has 1 fully saturated rings. The zero-order valence-electron chi connectivity index (χ0n) is 10.8. The van der Waals surface area contributed by atoms with Crippen molar-refractivity contribution in [2.24, 2.45) is 0 Å². The van der Waals surface area contributed by atoms with Crippen LogP contribution in [0, 0.1) is 17.1 Å². The van der Waals surface area contributed by atoms with Crippen molar-refractivity contribution < 1.29 is 9.13 Å². The molecular formula is C14H16BrFN2O. The topological polar surface area (TPSA) is 36.3 Å². The third kappa shape index (κ3) is 3.26. The number of hydrogen-bond acceptors (Lipinski definition) is 3. The predicted molar refractivity (Wildman–Crippen MR) is 75.7 cm³/mol. The summed E-state index contributed by atoms with van der Waals surface area (Å²) in [5.41, 5.74) is 0.795. The average Bonchev–Trinajstić information content (AvgIpc) is 2.42. The SMILES string of the molecule is CN(CC1CCCCO1)c1ccc(C#N)c(Br)c1F. The van der Waals surface area contributed by atoms with Crippen molar-refractivity contribution in [3.8, 4) is 6.07 Å². The van der Waals surface area contributed by atoms with Crippen LogP contribution < -0.4 is 4.90 Å². The van der Waals surface area contributed by atoms with Gasteiger partial charge in [-0.05, 0) is 47.3 Å². The maximum Gasteiger partial charge on any atom is 0.161 e. The van der Waals surface area contributed by atoms with Crippen molar-refractivity contribution in [3.63, 3.8) is 0 Å². The first-order valence-electron chi connectivity index (χ1n) is 6.34. The van der Waals surface area contributed by atoms with Crippen LogP contribution in [-0.2, 0) is 4.74 Å². The Morgan fingerprint density at radius 2 is 2.32 bits per heavy atom. The molecule has 1 heterocycles. The van der Waals surface area contributed by atoms with Crippen LogP contribution in [0.5, 0.6) is 0 Å². The summed E-state index contributed by atoms with van der Waals surface area (Å²) in [6, 6.07) is 5.22. The second kappa shape index (κ2) is 6.36. The highest BCUT2D eigenvalue weighted by Crippen LogP contribution is 2.29. The summed E-state index contributed by atoms with van der Waals surface area (Å²) in [7, 11) is 1.84. The predicted octanol–water partition coefficient (Wildman–Crippen LogP) is 3.47. The molecular weight excluding hydrogens is 311 g/mol. The molecule has 2 rings (SSSR count). The van der Waals surface area contributed by atoms with Gasteiger partial charge in [-0.3, -0.25) is 0 Å². The summed E-state index contributed by atoms with van der Waals surface area (Å²) in [5.74, 6) is -0.391. The molecule has 0 bridgehead atoms. The molecule has 0 amide bonds. The largest absolute Gasteiger partial charge is 0.376 e. The molecule has 0 aliphatic carbocycles. The Morgan fingerprint density at radius 1 is 1.53 bits per heavy atom. The fourth-order valence-electron chi connectivity index (χ4n) is 2.28. The van der Waals surface area contributed by atoms with Gasteiger partial charge in [0.25, 0.3) is 0 Å². The number of benzene rings is 1. The smallest absolute Gasteiger partial charge is 0.161 e. The lowest BCUT2D eigenvalue weighted by atomic mass is 10.1. The maximum absolute atomic E-state index is 14.2. The first-order valence-corrected chi connectivity index (χ1v) is 7.13. The van der Waals surface area contributed by atoms with E-state index in [1.54, 1.807) is 12.1 Å². The summed E-state index contributed by atoms with van der Waals surface area (Å²) >= 11 is 3.13. The molecule has 5 heteroatoms. The molecule has 3 nitrogen and oxygen atoms in total. The average molecular weight is 327 g/mol. The highest BCUT2D eigenvalue weighted by molar-refractivity contribution is 9.10. The molecule has 1 unspecified atom stereocenters. The van der Waals surface area contributed by atoms with E-state index in [4.69, 9.17) is 10.00 Å². The van der Waals surface area contributed by atoms with Gasteiger partial charge < -0.3 is 9.64 Å². The summed E-state index contributed by atoms with van der Waals surface area (Å²) in [6.07, 6.45) is 3.45. The quantitative estimate of drug-likeness (QED) is 0.853. The third-order valence-electron chi connectivity index (χ3n) is 3.35. The van der Waals surface area contributed by atoms with Gasteiger partial charge in [0.1, 0.15) is 6.07 Å². The minimum absolute atomic E-state index is 0.160. The van der Waals surface area contributed by atoms with Crippen LogP contribution in [0.4, 0.5) is 10.1 Å². The summed E-state index contributed by atoms with van der Waals surface area (Å²) in [5, 5.41) is 8.85. The zero-order valence-corrected chi connectivity index (χ0v) is 12.4. The van der Waals surface area contributed by atoms with Gasteiger partial charge in [-0.15, -0.1) is 0 Å². The Morgan fingerprint density at radius 3 is 2.95 bits per heavy atom. The first-order chi connectivity index (χ1) is 9.13. The van der Waals surface area contributed by atoms with E-state index in [0.717, 1.165) is 25.9 Å². The molecule has 1 aliphatic heterocycles. The summed E-state index contributed by atoms with van der Waals surface area (Å²) < 4.78 is 20.1. The number of ether oxygens (including phenoxy) is 1. The summed E-state index contributed by atoms with van der Waals surface area (Å²) in [4.78, 5) is 1.84. The van der Waals surface area contributed by atoms with Gasteiger partial charge in [0, 0.05) is 20.2 Å². The fourth-order valence-corrected chi connectivity index (χ4v) is 2.70. The minimum atomic E-state index is -0.391. The molecule has 102 valence electrons. The van der Waals surface area contributed by atoms with Crippen LogP contribution >= 0.6 is 15.9 Å².